The van der Waals surface area contributed by atoms with Gasteiger partial charge in [0, 0.05) is 25.7 Å². The summed E-state index contributed by atoms with van der Waals surface area (Å²) in [7, 11) is 0. The molecule has 86 valence electrons. The van der Waals surface area contributed by atoms with E-state index in [1.54, 1.807) is 12.1 Å². The van der Waals surface area contributed by atoms with Gasteiger partial charge in [-0.3, -0.25) is 10.1 Å². The number of rotatable bonds is 2. The molecule has 0 atom stereocenters. The number of hydrogen-bond acceptors (Lipinski definition) is 4. The fourth-order valence-electron chi connectivity index (χ4n) is 1.97. The first-order chi connectivity index (χ1) is 7.79. The molecule has 0 radical (unpaired) electrons. The van der Waals surface area contributed by atoms with Crippen molar-refractivity contribution in [3.05, 3.63) is 34.4 Å². The first-order valence-corrected chi connectivity index (χ1v) is 5.48. The lowest BCUT2D eigenvalue weighted by atomic mass is 10.2. The van der Waals surface area contributed by atoms with Crippen molar-refractivity contribution in [1.29, 1.82) is 0 Å². The van der Waals surface area contributed by atoms with E-state index in [4.69, 9.17) is 0 Å². The summed E-state index contributed by atoms with van der Waals surface area (Å²) in [6.45, 7) is 3.56. The van der Waals surface area contributed by atoms with E-state index in [2.05, 4.69) is 10.2 Å². The minimum absolute atomic E-state index is 0.199. The number of anilines is 1. The van der Waals surface area contributed by atoms with Crippen LogP contribution in [-0.2, 0) is 0 Å². The molecule has 0 aromatic heterocycles. The maximum Gasteiger partial charge on any atom is 0.292 e. The normalized spacial score (nSPS) is 16.9. The summed E-state index contributed by atoms with van der Waals surface area (Å²) in [5, 5.41) is 14.2. The summed E-state index contributed by atoms with van der Waals surface area (Å²) < 4.78 is 0. The highest BCUT2D eigenvalue weighted by Gasteiger charge is 2.18. The third kappa shape index (κ3) is 2.30. The number of nitrogens with one attached hydrogen (secondary N) is 1. The van der Waals surface area contributed by atoms with Crippen LogP contribution in [0.3, 0.4) is 0 Å². The van der Waals surface area contributed by atoms with Crippen LogP contribution in [0.1, 0.15) is 6.42 Å². The lowest BCUT2D eigenvalue weighted by Crippen LogP contribution is -2.28. The molecule has 1 aromatic carbocycles. The second-order valence-electron chi connectivity index (χ2n) is 3.84. The molecule has 0 bridgehead atoms. The van der Waals surface area contributed by atoms with Gasteiger partial charge in [-0.05, 0) is 19.0 Å². The molecule has 0 spiro atoms. The van der Waals surface area contributed by atoms with Gasteiger partial charge in [0.05, 0.1) is 4.92 Å². The van der Waals surface area contributed by atoms with Gasteiger partial charge in [0.2, 0.25) is 0 Å². The molecule has 1 aliphatic heterocycles. The highest BCUT2D eigenvalue weighted by atomic mass is 16.6. The van der Waals surface area contributed by atoms with E-state index in [0.29, 0.717) is 0 Å². The summed E-state index contributed by atoms with van der Waals surface area (Å²) >= 11 is 0. The standard InChI is InChI=1S/C11H15N3O2/c15-14(16)11-5-2-1-4-10(11)13-8-3-6-12-7-9-13/h1-2,4-5,12H,3,6-9H2. The van der Waals surface area contributed by atoms with Crippen LogP contribution in [0.25, 0.3) is 0 Å². The number of benzene rings is 1. The van der Waals surface area contributed by atoms with Crippen LogP contribution in [-0.4, -0.2) is 31.1 Å². The molecule has 1 aromatic rings. The van der Waals surface area contributed by atoms with E-state index >= 15 is 0 Å². The Bertz CT molecular complexity index is 373. The molecule has 1 fully saturated rings. The fraction of sp³-hybridized carbons (Fsp3) is 0.455. The van der Waals surface area contributed by atoms with Crippen LogP contribution >= 0.6 is 0 Å². The van der Waals surface area contributed by atoms with Crippen LogP contribution in [0.4, 0.5) is 11.4 Å². The van der Waals surface area contributed by atoms with Crippen LogP contribution < -0.4 is 10.2 Å². The number of hydrogen-bond donors (Lipinski definition) is 1. The second kappa shape index (κ2) is 4.94. The molecule has 0 saturated carbocycles. The van der Waals surface area contributed by atoms with Crippen molar-refractivity contribution in [3.63, 3.8) is 0 Å². The molecule has 5 heteroatoms. The Morgan fingerprint density at radius 3 is 2.88 bits per heavy atom. The number of nitro benzene ring substituents is 1. The first kappa shape index (κ1) is 10.9. The lowest BCUT2D eigenvalue weighted by Gasteiger charge is -2.21. The van der Waals surface area contributed by atoms with Crippen molar-refractivity contribution in [2.75, 3.05) is 31.1 Å². The topological polar surface area (TPSA) is 58.4 Å². The predicted octanol–water partition coefficient (Wildman–Crippen LogP) is 1.39. The van der Waals surface area contributed by atoms with Crippen LogP contribution in [0.15, 0.2) is 24.3 Å². The number of nitrogens with zero attached hydrogens (tertiary/aromatic N) is 2. The van der Waals surface area contributed by atoms with Crippen molar-refractivity contribution in [1.82, 2.24) is 5.32 Å². The van der Waals surface area contributed by atoms with Gasteiger partial charge < -0.3 is 10.2 Å². The average Bonchev–Trinajstić information content (AvgIpc) is 2.57. The number of nitro groups is 1. The highest BCUT2D eigenvalue weighted by Crippen LogP contribution is 2.27. The molecule has 1 aliphatic rings. The summed E-state index contributed by atoms with van der Waals surface area (Å²) in [6, 6.07) is 6.94. The predicted molar refractivity (Wildman–Crippen MR) is 62.8 cm³/mol. The Labute approximate surface area is 94.2 Å². The molecule has 0 amide bonds. The zero-order valence-electron chi connectivity index (χ0n) is 9.06. The van der Waals surface area contributed by atoms with E-state index in [0.717, 1.165) is 38.3 Å². The molecule has 5 nitrogen and oxygen atoms in total. The van der Waals surface area contributed by atoms with Crippen LogP contribution in [0, 0.1) is 10.1 Å². The smallest absolute Gasteiger partial charge is 0.292 e. The van der Waals surface area contributed by atoms with Gasteiger partial charge in [-0.2, -0.15) is 0 Å². The molecule has 1 N–H and O–H groups in total. The van der Waals surface area contributed by atoms with Crippen LogP contribution in [0.2, 0.25) is 0 Å². The lowest BCUT2D eigenvalue weighted by molar-refractivity contribution is -0.384. The molecule has 1 heterocycles. The maximum absolute atomic E-state index is 10.9. The summed E-state index contributed by atoms with van der Waals surface area (Å²) in [6.07, 6.45) is 1.02. The average molecular weight is 221 g/mol. The Balaban J connectivity index is 2.27. The molecular formula is C11H15N3O2. The molecule has 2 rings (SSSR count). The summed E-state index contributed by atoms with van der Waals surface area (Å²) in [5.41, 5.74) is 0.931. The van der Waals surface area contributed by atoms with Gasteiger partial charge in [-0.1, -0.05) is 12.1 Å². The van der Waals surface area contributed by atoms with E-state index in [9.17, 15) is 10.1 Å². The molecule has 0 unspecified atom stereocenters. The van der Waals surface area contributed by atoms with Crippen LogP contribution in [0.5, 0.6) is 0 Å². The molecule has 0 aliphatic carbocycles. The summed E-state index contributed by atoms with van der Waals surface area (Å²) in [5.74, 6) is 0. The molecule has 1 saturated heterocycles. The Morgan fingerprint density at radius 1 is 1.25 bits per heavy atom. The fourth-order valence-corrected chi connectivity index (χ4v) is 1.97. The highest BCUT2D eigenvalue weighted by molar-refractivity contribution is 5.63. The Kier molecular flexibility index (Phi) is 3.36. The van der Waals surface area contributed by atoms with Gasteiger partial charge in [-0.15, -0.1) is 0 Å². The first-order valence-electron chi connectivity index (χ1n) is 5.48. The monoisotopic (exact) mass is 221 g/mol. The molecular weight excluding hydrogens is 206 g/mol. The number of para-hydroxylation sites is 2. The molecule has 16 heavy (non-hydrogen) atoms. The quantitative estimate of drug-likeness (QED) is 0.605. The van der Waals surface area contributed by atoms with Crippen molar-refractivity contribution in [2.24, 2.45) is 0 Å². The summed E-state index contributed by atoms with van der Waals surface area (Å²) in [4.78, 5) is 12.7. The second-order valence-corrected chi connectivity index (χ2v) is 3.84. The van der Waals surface area contributed by atoms with Gasteiger partial charge in [0.15, 0.2) is 0 Å². The SMILES string of the molecule is O=[N+]([O-])c1ccccc1N1CCCNCC1. The Hall–Kier alpha value is -1.62. The zero-order chi connectivity index (χ0) is 11.4. The van der Waals surface area contributed by atoms with Crippen molar-refractivity contribution < 1.29 is 4.92 Å². The van der Waals surface area contributed by atoms with Gasteiger partial charge in [0.1, 0.15) is 5.69 Å². The van der Waals surface area contributed by atoms with Gasteiger partial charge >= 0.3 is 0 Å². The van der Waals surface area contributed by atoms with Gasteiger partial charge in [-0.25, -0.2) is 0 Å². The minimum atomic E-state index is -0.312. The Morgan fingerprint density at radius 2 is 2.06 bits per heavy atom. The van der Waals surface area contributed by atoms with E-state index in [1.165, 1.54) is 0 Å². The van der Waals surface area contributed by atoms with Crippen molar-refractivity contribution in [2.45, 2.75) is 6.42 Å². The maximum atomic E-state index is 10.9. The zero-order valence-corrected chi connectivity index (χ0v) is 9.06. The van der Waals surface area contributed by atoms with Gasteiger partial charge in [0.25, 0.3) is 5.69 Å². The largest absolute Gasteiger partial charge is 0.365 e. The van der Waals surface area contributed by atoms with Crippen molar-refractivity contribution in [3.8, 4) is 0 Å². The van der Waals surface area contributed by atoms with E-state index in [-0.39, 0.29) is 10.6 Å². The third-order valence-corrected chi connectivity index (χ3v) is 2.76. The minimum Gasteiger partial charge on any atom is -0.365 e. The van der Waals surface area contributed by atoms with E-state index < -0.39 is 0 Å². The van der Waals surface area contributed by atoms with E-state index in [1.807, 2.05) is 12.1 Å². The third-order valence-electron chi connectivity index (χ3n) is 2.76. The van der Waals surface area contributed by atoms with Crippen molar-refractivity contribution >= 4 is 11.4 Å².